The maximum absolute atomic E-state index is 12.4. The van der Waals surface area contributed by atoms with Crippen molar-refractivity contribution < 1.29 is 4.79 Å². The molecule has 130 valence electrons. The lowest BCUT2D eigenvalue weighted by Gasteiger charge is -2.07. The first kappa shape index (κ1) is 16.9. The average molecular weight is 339 g/mol. The van der Waals surface area contributed by atoms with Gasteiger partial charge in [-0.05, 0) is 24.6 Å². The van der Waals surface area contributed by atoms with Gasteiger partial charge in [0.05, 0.1) is 17.6 Å². The monoisotopic (exact) mass is 339 g/mol. The number of aryl methyl sites for hydroxylation is 2. The zero-order valence-electron chi connectivity index (χ0n) is 14.4. The Kier molecular flexibility index (Phi) is 4.92. The number of imidazole rings is 1. The average Bonchev–Trinajstić information content (AvgIpc) is 2.95. The molecule has 0 unspecified atom stereocenters. The van der Waals surface area contributed by atoms with Gasteiger partial charge >= 0.3 is 0 Å². The van der Waals surface area contributed by atoms with Crippen LogP contribution >= 0.6 is 0 Å². The molecule has 2 heterocycles. The van der Waals surface area contributed by atoms with E-state index in [1.807, 2.05) is 42.8 Å². The van der Waals surface area contributed by atoms with Crippen LogP contribution in [-0.4, -0.2) is 25.2 Å². The standard InChI is InChI=1S/C18H21N5O2/c1-3-4-11-23-17(24)10-9-14(21-23)18(25)19-12-16-20-13-7-5-6-8-15(13)22(16)2/h5-10H,3-4,11-12H2,1-2H3,(H,19,25). The number of nitrogens with one attached hydrogen (secondary N) is 1. The second-order valence-electron chi connectivity index (χ2n) is 5.89. The van der Waals surface area contributed by atoms with Gasteiger partial charge in [0.1, 0.15) is 11.5 Å². The number of hydrogen-bond donors (Lipinski definition) is 1. The normalized spacial score (nSPS) is 11.0. The second kappa shape index (κ2) is 7.29. The molecule has 1 amide bonds. The highest BCUT2D eigenvalue weighted by Crippen LogP contribution is 2.13. The molecule has 25 heavy (non-hydrogen) atoms. The quantitative estimate of drug-likeness (QED) is 0.743. The molecule has 0 aliphatic carbocycles. The molecule has 0 fully saturated rings. The largest absolute Gasteiger partial charge is 0.343 e. The molecule has 0 aliphatic heterocycles. The smallest absolute Gasteiger partial charge is 0.272 e. The van der Waals surface area contributed by atoms with Crippen molar-refractivity contribution in [1.29, 1.82) is 0 Å². The summed E-state index contributed by atoms with van der Waals surface area (Å²) in [7, 11) is 1.92. The van der Waals surface area contributed by atoms with Crippen LogP contribution in [0.5, 0.6) is 0 Å². The number of aromatic nitrogens is 4. The molecule has 0 radical (unpaired) electrons. The summed E-state index contributed by atoms with van der Waals surface area (Å²) in [6.07, 6.45) is 1.80. The van der Waals surface area contributed by atoms with E-state index in [1.54, 1.807) is 0 Å². The van der Waals surface area contributed by atoms with Crippen molar-refractivity contribution in [3.05, 3.63) is 58.3 Å². The number of hydrogen-bond acceptors (Lipinski definition) is 4. The van der Waals surface area contributed by atoms with Crippen molar-refractivity contribution in [3.63, 3.8) is 0 Å². The Hall–Kier alpha value is -2.96. The number of benzene rings is 1. The third kappa shape index (κ3) is 3.60. The molecule has 1 aromatic carbocycles. The highest BCUT2D eigenvalue weighted by Gasteiger charge is 2.12. The van der Waals surface area contributed by atoms with Crippen LogP contribution in [-0.2, 0) is 20.1 Å². The van der Waals surface area contributed by atoms with Gasteiger partial charge in [0.15, 0.2) is 0 Å². The van der Waals surface area contributed by atoms with Crippen LogP contribution in [0.25, 0.3) is 11.0 Å². The highest BCUT2D eigenvalue weighted by atomic mass is 16.2. The molecule has 0 aliphatic rings. The fourth-order valence-corrected chi connectivity index (χ4v) is 2.64. The lowest BCUT2D eigenvalue weighted by molar-refractivity contribution is 0.0942. The minimum atomic E-state index is -0.322. The van der Waals surface area contributed by atoms with Crippen molar-refractivity contribution in [2.75, 3.05) is 0 Å². The van der Waals surface area contributed by atoms with E-state index in [9.17, 15) is 9.59 Å². The van der Waals surface area contributed by atoms with Crippen LogP contribution in [0.3, 0.4) is 0 Å². The molecule has 7 heteroatoms. The number of carbonyl (C=O) groups excluding carboxylic acids is 1. The summed E-state index contributed by atoms with van der Waals surface area (Å²) in [6, 6.07) is 10.6. The first-order valence-electron chi connectivity index (χ1n) is 8.37. The Morgan fingerprint density at radius 2 is 2.00 bits per heavy atom. The molecule has 0 spiro atoms. The summed E-state index contributed by atoms with van der Waals surface area (Å²) in [5, 5.41) is 6.97. The number of nitrogens with zero attached hydrogens (tertiary/aromatic N) is 4. The van der Waals surface area contributed by atoms with Gasteiger partial charge in [-0.3, -0.25) is 9.59 Å². The Balaban J connectivity index is 1.73. The summed E-state index contributed by atoms with van der Waals surface area (Å²) < 4.78 is 3.29. The summed E-state index contributed by atoms with van der Waals surface area (Å²) in [4.78, 5) is 28.7. The number of unbranched alkanes of at least 4 members (excludes halogenated alkanes) is 1. The second-order valence-corrected chi connectivity index (χ2v) is 5.89. The summed E-state index contributed by atoms with van der Waals surface area (Å²) in [6.45, 7) is 2.85. The van der Waals surface area contributed by atoms with Crippen molar-refractivity contribution in [1.82, 2.24) is 24.6 Å². The van der Waals surface area contributed by atoms with E-state index >= 15 is 0 Å². The fourth-order valence-electron chi connectivity index (χ4n) is 2.64. The SMILES string of the molecule is CCCCn1nc(C(=O)NCc2nc3ccccc3n2C)ccc1=O. The molecule has 0 saturated heterocycles. The molecule has 3 aromatic rings. The van der Waals surface area contributed by atoms with Gasteiger partial charge in [0, 0.05) is 19.7 Å². The predicted molar refractivity (Wildman–Crippen MR) is 95.3 cm³/mol. The third-order valence-electron chi connectivity index (χ3n) is 4.11. The zero-order chi connectivity index (χ0) is 17.8. The minimum absolute atomic E-state index is 0.194. The van der Waals surface area contributed by atoms with Crippen molar-refractivity contribution in [2.45, 2.75) is 32.9 Å². The molecular formula is C18H21N5O2. The molecule has 0 atom stereocenters. The third-order valence-corrected chi connectivity index (χ3v) is 4.11. The number of fused-ring (bicyclic) bond motifs is 1. The van der Waals surface area contributed by atoms with E-state index in [0.29, 0.717) is 13.1 Å². The van der Waals surface area contributed by atoms with E-state index < -0.39 is 0 Å². The molecule has 7 nitrogen and oxygen atoms in total. The van der Waals surface area contributed by atoms with E-state index in [2.05, 4.69) is 15.4 Å². The molecule has 0 saturated carbocycles. The van der Waals surface area contributed by atoms with Crippen LogP contribution in [0.2, 0.25) is 0 Å². The minimum Gasteiger partial charge on any atom is -0.343 e. The van der Waals surface area contributed by atoms with Gasteiger partial charge in [-0.25, -0.2) is 9.67 Å². The zero-order valence-corrected chi connectivity index (χ0v) is 14.4. The molecule has 3 rings (SSSR count). The van der Waals surface area contributed by atoms with E-state index in [1.165, 1.54) is 16.8 Å². The number of para-hydroxylation sites is 2. The Morgan fingerprint density at radius 1 is 1.20 bits per heavy atom. The van der Waals surface area contributed by atoms with Crippen LogP contribution in [0.4, 0.5) is 0 Å². The van der Waals surface area contributed by atoms with Crippen molar-refractivity contribution in [2.24, 2.45) is 7.05 Å². The Morgan fingerprint density at radius 3 is 2.76 bits per heavy atom. The molecule has 2 aromatic heterocycles. The Bertz CT molecular complexity index is 957. The number of carbonyl (C=O) groups is 1. The molecule has 1 N–H and O–H groups in total. The lowest BCUT2D eigenvalue weighted by Crippen LogP contribution is -2.30. The summed E-state index contributed by atoms with van der Waals surface area (Å²) in [5.41, 5.74) is 1.94. The van der Waals surface area contributed by atoms with Gasteiger partial charge in [-0.1, -0.05) is 25.5 Å². The van der Waals surface area contributed by atoms with Gasteiger partial charge in [-0.15, -0.1) is 0 Å². The Labute approximate surface area is 145 Å². The van der Waals surface area contributed by atoms with E-state index in [-0.39, 0.29) is 17.2 Å². The summed E-state index contributed by atoms with van der Waals surface area (Å²) in [5.74, 6) is 0.436. The first-order valence-corrected chi connectivity index (χ1v) is 8.37. The van der Waals surface area contributed by atoms with Crippen LogP contribution in [0.1, 0.15) is 36.1 Å². The van der Waals surface area contributed by atoms with Crippen LogP contribution in [0.15, 0.2) is 41.2 Å². The van der Waals surface area contributed by atoms with E-state index in [0.717, 1.165) is 29.7 Å². The van der Waals surface area contributed by atoms with Gasteiger partial charge in [0.25, 0.3) is 11.5 Å². The maximum atomic E-state index is 12.4. The topological polar surface area (TPSA) is 81.8 Å². The highest BCUT2D eigenvalue weighted by molar-refractivity contribution is 5.92. The maximum Gasteiger partial charge on any atom is 0.272 e. The van der Waals surface area contributed by atoms with Crippen molar-refractivity contribution in [3.8, 4) is 0 Å². The van der Waals surface area contributed by atoms with Gasteiger partial charge in [0.2, 0.25) is 0 Å². The van der Waals surface area contributed by atoms with Crippen LogP contribution in [0, 0.1) is 0 Å². The lowest BCUT2D eigenvalue weighted by atomic mass is 10.3. The first-order chi connectivity index (χ1) is 12.1. The molecule has 0 bridgehead atoms. The van der Waals surface area contributed by atoms with Gasteiger partial charge in [-0.2, -0.15) is 5.10 Å². The van der Waals surface area contributed by atoms with Crippen LogP contribution < -0.4 is 10.9 Å². The number of amides is 1. The number of rotatable bonds is 6. The predicted octanol–water partition coefficient (Wildman–Crippen LogP) is 1.86. The fraction of sp³-hybridized carbons (Fsp3) is 0.333. The van der Waals surface area contributed by atoms with Gasteiger partial charge < -0.3 is 9.88 Å². The van der Waals surface area contributed by atoms with E-state index in [4.69, 9.17) is 0 Å². The molecular weight excluding hydrogens is 318 g/mol. The van der Waals surface area contributed by atoms with Crippen molar-refractivity contribution >= 4 is 16.9 Å². The summed E-state index contributed by atoms with van der Waals surface area (Å²) >= 11 is 0.